The van der Waals surface area contributed by atoms with Crippen LogP contribution in [0, 0.1) is 0 Å². The molecule has 2 aliphatic heterocycles. The van der Waals surface area contributed by atoms with E-state index in [-0.39, 0.29) is 17.6 Å². The molecular weight excluding hydrogens is 282 g/mol. The van der Waals surface area contributed by atoms with Gasteiger partial charge in [0.15, 0.2) is 0 Å². The Balaban J connectivity index is 1.55. The molecule has 120 valence electrons. The van der Waals surface area contributed by atoms with Gasteiger partial charge < -0.3 is 19.3 Å². The van der Waals surface area contributed by atoms with Crippen LogP contribution in [0.3, 0.4) is 0 Å². The molecule has 1 aromatic heterocycles. The zero-order chi connectivity index (χ0) is 15.6. The summed E-state index contributed by atoms with van der Waals surface area (Å²) in [7, 11) is 3.82. The number of carbonyl (C=O) groups is 1. The standard InChI is InChI=1S/C16H23N3O3/c1-18(2)10-15(20)19-7-5-16(12-19)8-14(11-21-16)22-13-4-3-6-17-9-13/h3-4,6,9,14H,5,7-8,10-12H2,1-2H3. The third-order valence-corrected chi connectivity index (χ3v) is 4.23. The van der Waals surface area contributed by atoms with E-state index in [0.717, 1.165) is 25.1 Å². The molecule has 2 fully saturated rings. The number of carbonyl (C=O) groups excluding carboxylic acids is 1. The van der Waals surface area contributed by atoms with Gasteiger partial charge in [-0.3, -0.25) is 9.78 Å². The third kappa shape index (κ3) is 3.39. The summed E-state index contributed by atoms with van der Waals surface area (Å²) in [5, 5.41) is 0. The monoisotopic (exact) mass is 305 g/mol. The van der Waals surface area contributed by atoms with E-state index >= 15 is 0 Å². The van der Waals surface area contributed by atoms with E-state index in [1.165, 1.54) is 0 Å². The van der Waals surface area contributed by atoms with Gasteiger partial charge >= 0.3 is 0 Å². The smallest absolute Gasteiger partial charge is 0.236 e. The molecule has 3 rings (SSSR count). The van der Waals surface area contributed by atoms with Crippen molar-refractivity contribution in [1.82, 2.24) is 14.8 Å². The van der Waals surface area contributed by atoms with Crippen molar-refractivity contribution in [2.75, 3.05) is 40.3 Å². The fourth-order valence-corrected chi connectivity index (χ4v) is 3.20. The Morgan fingerprint density at radius 3 is 3.18 bits per heavy atom. The van der Waals surface area contributed by atoms with Crippen LogP contribution >= 0.6 is 0 Å². The van der Waals surface area contributed by atoms with Crippen LogP contribution in [0.5, 0.6) is 5.75 Å². The van der Waals surface area contributed by atoms with Gasteiger partial charge in [0.1, 0.15) is 11.9 Å². The SMILES string of the molecule is CN(C)CC(=O)N1CCC2(CC(Oc3cccnc3)CO2)C1. The Bertz CT molecular complexity index is 523. The lowest BCUT2D eigenvalue weighted by molar-refractivity contribution is -0.131. The number of hydrogen-bond acceptors (Lipinski definition) is 5. The van der Waals surface area contributed by atoms with Gasteiger partial charge in [-0.05, 0) is 32.6 Å². The molecule has 6 heteroatoms. The zero-order valence-electron chi connectivity index (χ0n) is 13.2. The van der Waals surface area contributed by atoms with E-state index in [0.29, 0.717) is 19.7 Å². The number of amides is 1. The number of pyridine rings is 1. The number of aromatic nitrogens is 1. The van der Waals surface area contributed by atoms with E-state index < -0.39 is 0 Å². The highest BCUT2D eigenvalue weighted by Crippen LogP contribution is 2.36. The second-order valence-corrected chi connectivity index (χ2v) is 6.43. The van der Waals surface area contributed by atoms with E-state index in [1.807, 2.05) is 36.0 Å². The highest BCUT2D eigenvalue weighted by molar-refractivity contribution is 5.78. The zero-order valence-corrected chi connectivity index (χ0v) is 13.2. The Labute approximate surface area is 131 Å². The van der Waals surface area contributed by atoms with Gasteiger partial charge in [-0.15, -0.1) is 0 Å². The van der Waals surface area contributed by atoms with Crippen LogP contribution in [0.1, 0.15) is 12.8 Å². The lowest BCUT2D eigenvalue weighted by Gasteiger charge is -2.24. The first kappa shape index (κ1) is 15.2. The van der Waals surface area contributed by atoms with E-state index in [2.05, 4.69) is 4.98 Å². The largest absolute Gasteiger partial charge is 0.486 e. The molecule has 2 aliphatic rings. The van der Waals surface area contributed by atoms with Gasteiger partial charge in [0.2, 0.25) is 5.91 Å². The molecule has 1 amide bonds. The van der Waals surface area contributed by atoms with Crippen molar-refractivity contribution in [2.24, 2.45) is 0 Å². The predicted octanol–water partition coefficient (Wildman–Crippen LogP) is 0.782. The summed E-state index contributed by atoms with van der Waals surface area (Å²) in [4.78, 5) is 20.0. The Hall–Kier alpha value is -1.66. The van der Waals surface area contributed by atoms with Crippen LogP contribution in [-0.2, 0) is 9.53 Å². The van der Waals surface area contributed by atoms with Crippen molar-refractivity contribution in [1.29, 1.82) is 0 Å². The minimum absolute atomic E-state index is 0.0353. The molecule has 2 unspecified atom stereocenters. The van der Waals surface area contributed by atoms with E-state index in [4.69, 9.17) is 9.47 Å². The van der Waals surface area contributed by atoms with Gasteiger partial charge in [0.05, 0.1) is 24.9 Å². The lowest BCUT2D eigenvalue weighted by atomic mass is 9.98. The highest BCUT2D eigenvalue weighted by Gasteiger charge is 2.47. The second kappa shape index (κ2) is 6.22. The molecule has 0 aliphatic carbocycles. The van der Waals surface area contributed by atoms with E-state index in [9.17, 15) is 4.79 Å². The molecule has 3 heterocycles. The van der Waals surface area contributed by atoms with Crippen molar-refractivity contribution >= 4 is 5.91 Å². The normalized spacial score (nSPS) is 27.8. The Kier molecular flexibility index (Phi) is 4.31. The fraction of sp³-hybridized carbons (Fsp3) is 0.625. The van der Waals surface area contributed by atoms with Crippen LogP contribution in [0.4, 0.5) is 0 Å². The van der Waals surface area contributed by atoms with Gasteiger partial charge in [-0.2, -0.15) is 0 Å². The molecule has 1 spiro atoms. The maximum Gasteiger partial charge on any atom is 0.236 e. The first-order valence-corrected chi connectivity index (χ1v) is 7.69. The summed E-state index contributed by atoms with van der Waals surface area (Å²) in [5.74, 6) is 0.939. The first-order valence-electron chi connectivity index (χ1n) is 7.69. The summed E-state index contributed by atoms with van der Waals surface area (Å²) < 4.78 is 11.9. The number of nitrogens with zero attached hydrogens (tertiary/aromatic N) is 3. The van der Waals surface area contributed by atoms with Crippen LogP contribution < -0.4 is 4.74 Å². The molecule has 22 heavy (non-hydrogen) atoms. The van der Waals surface area contributed by atoms with Crippen LogP contribution in [0.15, 0.2) is 24.5 Å². The second-order valence-electron chi connectivity index (χ2n) is 6.43. The van der Waals surface area contributed by atoms with Crippen LogP contribution in [-0.4, -0.2) is 72.7 Å². The minimum Gasteiger partial charge on any atom is -0.486 e. The molecule has 0 saturated carbocycles. The minimum atomic E-state index is -0.227. The molecule has 0 bridgehead atoms. The summed E-state index contributed by atoms with van der Waals surface area (Å²) in [6.07, 6.45) is 5.19. The van der Waals surface area contributed by atoms with Crippen molar-refractivity contribution in [2.45, 2.75) is 24.5 Å². The number of rotatable bonds is 4. The molecule has 6 nitrogen and oxygen atoms in total. The number of likely N-dealkylation sites (N-methyl/N-ethyl adjacent to an activating group) is 1. The molecule has 2 saturated heterocycles. The molecule has 0 radical (unpaired) electrons. The molecular formula is C16H23N3O3. The van der Waals surface area contributed by atoms with Gasteiger partial charge in [0, 0.05) is 25.7 Å². The lowest BCUT2D eigenvalue weighted by Crippen LogP contribution is -2.40. The third-order valence-electron chi connectivity index (χ3n) is 4.23. The fourth-order valence-electron chi connectivity index (χ4n) is 3.20. The number of likely N-dealkylation sites (tertiary alicyclic amines) is 1. The van der Waals surface area contributed by atoms with Gasteiger partial charge in [-0.1, -0.05) is 0 Å². The quantitative estimate of drug-likeness (QED) is 0.823. The molecule has 2 atom stereocenters. The van der Waals surface area contributed by atoms with Gasteiger partial charge in [-0.25, -0.2) is 0 Å². The summed E-state index contributed by atoms with van der Waals surface area (Å²) in [6, 6.07) is 3.76. The Morgan fingerprint density at radius 1 is 1.59 bits per heavy atom. The number of hydrogen-bond donors (Lipinski definition) is 0. The maximum absolute atomic E-state index is 12.2. The maximum atomic E-state index is 12.2. The first-order chi connectivity index (χ1) is 10.6. The summed E-state index contributed by atoms with van der Waals surface area (Å²) in [5.41, 5.74) is -0.227. The van der Waals surface area contributed by atoms with Crippen molar-refractivity contribution in [3.05, 3.63) is 24.5 Å². The molecule has 1 aromatic rings. The predicted molar refractivity (Wildman–Crippen MR) is 81.7 cm³/mol. The molecule has 0 N–H and O–H groups in total. The molecule has 0 aromatic carbocycles. The highest BCUT2D eigenvalue weighted by atomic mass is 16.6. The van der Waals surface area contributed by atoms with Crippen LogP contribution in [0.2, 0.25) is 0 Å². The van der Waals surface area contributed by atoms with Crippen molar-refractivity contribution in [3.63, 3.8) is 0 Å². The van der Waals surface area contributed by atoms with Crippen LogP contribution in [0.25, 0.3) is 0 Å². The number of ether oxygens (including phenoxy) is 2. The van der Waals surface area contributed by atoms with Crippen molar-refractivity contribution in [3.8, 4) is 5.75 Å². The average molecular weight is 305 g/mol. The summed E-state index contributed by atoms with van der Waals surface area (Å²) >= 11 is 0. The van der Waals surface area contributed by atoms with E-state index in [1.54, 1.807) is 12.4 Å². The van der Waals surface area contributed by atoms with Crippen molar-refractivity contribution < 1.29 is 14.3 Å². The average Bonchev–Trinajstić information content (AvgIpc) is 3.07. The summed E-state index contributed by atoms with van der Waals surface area (Å²) in [6.45, 7) is 2.47. The topological polar surface area (TPSA) is 54.9 Å². The van der Waals surface area contributed by atoms with Gasteiger partial charge in [0.25, 0.3) is 0 Å². The Morgan fingerprint density at radius 2 is 2.45 bits per heavy atom.